The molecular formula is C25H25ClFN3OS. The van der Waals surface area contributed by atoms with Crippen LogP contribution in [0.3, 0.4) is 0 Å². The quantitative estimate of drug-likeness (QED) is 0.461. The first-order valence-corrected chi connectivity index (χ1v) is 11.9. The van der Waals surface area contributed by atoms with Gasteiger partial charge in [-0.2, -0.15) is 0 Å². The summed E-state index contributed by atoms with van der Waals surface area (Å²) < 4.78 is 13.1. The fourth-order valence-corrected chi connectivity index (χ4v) is 4.47. The normalized spacial score (nSPS) is 14.4. The van der Waals surface area contributed by atoms with Crippen LogP contribution in [0.4, 0.5) is 15.8 Å². The highest BCUT2D eigenvalue weighted by Gasteiger charge is 2.17. The summed E-state index contributed by atoms with van der Waals surface area (Å²) in [5, 5.41) is 3.64. The monoisotopic (exact) mass is 469 g/mol. The van der Waals surface area contributed by atoms with Crippen molar-refractivity contribution in [2.75, 3.05) is 42.1 Å². The van der Waals surface area contributed by atoms with Crippen LogP contribution in [0.5, 0.6) is 0 Å². The molecular weight excluding hydrogens is 445 g/mol. The van der Waals surface area contributed by atoms with Crippen LogP contribution < -0.4 is 10.2 Å². The van der Waals surface area contributed by atoms with Gasteiger partial charge in [0, 0.05) is 54.0 Å². The highest BCUT2D eigenvalue weighted by Crippen LogP contribution is 2.22. The van der Waals surface area contributed by atoms with Crippen LogP contribution in [0.15, 0.2) is 77.7 Å². The first kappa shape index (κ1) is 22.6. The average Bonchev–Trinajstić information content (AvgIpc) is 2.81. The highest BCUT2D eigenvalue weighted by atomic mass is 35.5. The molecule has 32 heavy (non-hydrogen) atoms. The molecule has 1 saturated heterocycles. The second kappa shape index (κ2) is 10.9. The van der Waals surface area contributed by atoms with E-state index in [-0.39, 0.29) is 11.7 Å². The lowest BCUT2D eigenvalue weighted by Gasteiger charge is -2.36. The SMILES string of the molecule is O=C(CSc1ccc(Cl)cc1)Nc1ccc(N2CCN(Cc3ccc(F)cc3)CC2)cc1. The molecule has 0 unspecified atom stereocenters. The Morgan fingerprint density at radius 3 is 2.22 bits per heavy atom. The van der Waals surface area contributed by atoms with Crippen LogP contribution in [-0.2, 0) is 11.3 Å². The third-order valence-corrected chi connectivity index (χ3v) is 6.66. The summed E-state index contributed by atoms with van der Waals surface area (Å²) in [6, 6.07) is 22.2. The van der Waals surface area contributed by atoms with Gasteiger partial charge in [0.15, 0.2) is 0 Å². The molecule has 1 aliphatic heterocycles. The maximum Gasteiger partial charge on any atom is 0.234 e. The van der Waals surface area contributed by atoms with E-state index in [1.807, 2.05) is 48.5 Å². The standard InChI is InChI=1S/C25H25ClFN3OS/c26-20-3-11-24(12-4-20)32-18-25(31)28-22-7-9-23(10-8-22)30-15-13-29(14-16-30)17-19-1-5-21(27)6-2-19/h1-12H,13-18H2,(H,28,31). The molecule has 4 nitrogen and oxygen atoms in total. The number of hydrogen-bond acceptors (Lipinski definition) is 4. The number of carbonyl (C=O) groups is 1. The molecule has 0 radical (unpaired) electrons. The molecule has 1 amide bonds. The molecule has 0 bridgehead atoms. The fourth-order valence-electron chi connectivity index (χ4n) is 3.64. The number of carbonyl (C=O) groups excluding carboxylic acids is 1. The number of anilines is 2. The van der Waals surface area contributed by atoms with E-state index in [1.54, 1.807) is 0 Å². The van der Waals surface area contributed by atoms with Crippen LogP contribution in [-0.4, -0.2) is 42.7 Å². The van der Waals surface area contributed by atoms with Gasteiger partial charge in [-0.3, -0.25) is 9.69 Å². The second-order valence-electron chi connectivity index (χ2n) is 7.73. The predicted molar refractivity (Wildman–Crippen MR) is 131 cm³/mol. The lowest BCUT2D eigenvalue weighted by molar-refractivity contribution is -0.113. The average molecular weight is 470 g/mol. The first-order valence-electron chi connectivity index (χ1n) is 10.6. The third kappa shape index (κ3) is 6.48. The molecule has 0 aliphatic carbocycles. The van der Waals surface area contributed by atoms with Crippen molar-refractivity contribution in [3.63, 3.8) is 0 Å². The predicted octanol–water partition coefficient (Wildman–Crippen LogP) is 5.53. The molecule has 1 heterocycles. The van der Waals surface area contributed by atoms with Gasteiger partial charge in [0.2, 0.25) is 5.91 Å². The van der Waals surface area contributed by atoms with Gasteiger partial charge >= 0.3 is 0 Å². The van der Waals surface area contributed by atoms with Crippen molar-refractivity contribution >= 4 is 40.6 Å². The van der Waals surface area contributed by atoms with Crippen LogP contribution in [0.25, 0.3) is 0 Å². The summed E-state index contributed by atoms with van der Waals surface area (Å²) >= 11 is 7.37. The first-order chi connectivity index (χ1) is 15.5. The molecule has 0 atom stereocenters. The van der Waals surface area contributed by atoms with Crippen molar-refractivity contribution in [1.29, 1.82) is 0 Å². The number of hydrogen-bond donors (Lipinski definition) is 1. The molecule has 1 fully saturated rings. The zero-order valence-corrected chi connectivity index (χ0v) is 19.2. The maximum absolute atomic E-state index is 13.1. The van der Waals surface area contributed by atoms with E-state index in [4.69, 9.17) is 11.6 Å². The Morgan fingerprint density at radius 2 is 1.56 bits per heavy atom. The minimum absolute atomic E-state index is 0.0351. The Kier molecular flexibility index (Phi) is 7.68. The molecule has 1 aliphatic rings. The lowest BCUT2D eigenvalue weighted by atomic mass is 10.2. The highest BCUT2D eigenvalue weighted by molar-refractivity contribution is 8.00. The van der Waals surface area contributed by atoms with E-state index in [0.717, 1.165) is 54.6 Å². The van der Waals surface area contributed by atoms with Crippen LogP contribution in [0, 0.1) is 5.82 Å². The summed E-state index contributed by atoms with van der Waals surface area (Å²) in [4.78, 5) is 18.0. The number of rotatable bonds is 7. The van der Waals surface area contributed by atoms with E-state index >= 15 is 0 Å². The molecule has 0 aromatic heterocycles. The van der Waals surface area contributed by atoms with Crippen molar-refractivity contribution in [2.45, 2.75) is 11.4 Å². The summed E-state index contributed by atoms with van der Waals surface area (Å²) in [6.45, 7) is 4.62. The number of amides is 1. The van der Waals surface area contributed by atoms with Gasteiger partial charge in [-0.05, 0) is 66.2 Å². The van der Waals surface area contributed by atoms with E-state index in [0.29, 0.717) is 10.8 Å². The molecule has 7 heteroatoms. The Balaban J connectivity index is 1.22. The lowest BCUT2D eigenvalue weighted by Crippen LogP contribution is -2.45. The third-order valence-electron chi connectivity index (χ3n) is 5.39. The Labute approximate surface area is 197 Å². The molecule has 166 valence electrons. The Hall–Kier alpha value is -2.54. The smallest absolute Gasteiger partial charge is 0.234 e. The minimum atomic E-state index is -0.196. The van der Waals surface area contributed by atoms with E-state index in [1.165, 1.54) is 23.9 Å². The molecule has 1 N–H and O–H groups in total. The van der Waals surface area contributed by atoms with Gasteiger partial charge in [-0.15, -0.1) is 11.8 Å². The summed E-state index contributed by atoms with van der Waals surface area (Å²) in [6.07, 6.45) is 0. The van der Waals surface area contributed by atoms with E-state index < -0.39 is 0 Å². The largest absolute Gasteiger partial charge is 0.369 e. The molecule has 3 aromatic rings. The number of benzene rings is 3. The van der Waals surface area contributed by atoms with Gasteiger partial charge in [0.05, 0.1) is 5.75 Å². The zero-order valence-electron chi connectivity index (χ0n) is 17.6. The topological polar surface area (TPSA) is 35.6 Å². The molecule has 0 saturated carbocycles. The van der Waals surface area contributed by atoms with Gasteiger partial charge in [0.1, 0.15) is 5.82 Å². The van der Waals surface area contributed by atoms with Crippen LogP contribution >= 0.6 is 23.4 Å². The van der Waals surface area contributed by atoms with Crippen molar-refractivity contribution in [1.82, 2.24) is 4.90 Å². The minimum Gasteiger partial charge on any atom is -0.369 e. The van der Waals surface area contributed by atoms with Crippen molar-refractivity contribution in [3.8, 4) is 0 Å². The Bertz CT molecular complexity index is 1020. The van der Waals surface area contributed by atoms with E-state index in [2.05, 4.69) is 27.2 Å². The number of halogens is 2. The van der Waals surface area contributed by atoms with Gasteiger partial charge in [0.25, 0.3) is 0 Å². The summed E-state index contributed by atoms with van der Waals surface area (Å²) in [7, 11) is 0. The number of piperazine rings is 1. The molecule has 4 rings (SSSR count). The van der Waals surface area contributed by atoms with Crippen molar-refractivity contribution in [2.24, 2.45) is 0 Å². The number of thioether (sulfide) groups is 1. The Morgan fingerprint density at radius 1 is 0.906 bits per heavy atom. The second-order valence-corrected chi connectivity index (χ2v) is 9.21. The van der Waals surface area contributed by atoms with E-state index in [9.17, 15) is 9.18 Å². The zero-order chi connectivity index (χ0) is 22.3. The van der Waals surface area contributed by atoms with Gasteiger partial charge < -0.3 is 10.2 Å². The fraction of sp³-hybridized carbons (Fsp3) is 0.240. The maximum atomic E-state index is 13.1. The van der Waals surface area contributed by atoms with Gasteiger partial charge in [-0.1, -0.05) is 23.7 Å². The summed E-state index contributed by atoms with van der Waals surface area (Å²) in [5.41, 5.74) is 3.08. The van der Waals surface area contributed by atoms with Crippen LogP contribution in [0.2, 0.25) is 5.02 Å². The molecule has 3 aromatic carbocycles. The van der Waals surface area contributed by atoms with Gasteiger partial charge in [-0.25, -0.2) is 4.39 Å². The number of nitrogens with one attached hydrogen (secondary N) is 1. The van der Waals surface area contributed by atoms with Crippen molar-refractivity contribution in [3.05, 3.63) is 89.2 Å². The molecule has 0 spiro atoms. The van der Waals surface area contributed by atoms with Crippen molar-refractivity contribution < 1.29 is 9.18 Å². The number of nitrogens with zero attached hydrogens (tertiary/aromatic N) is 2. The summed E-state index contributed by atoms with van der Waals surface area (Å²) in [5.74, 6) is 0.116. The van der Waals surface area contributed by atoms with Crippen LogP contribution in [0.1, 0.15) is 5.56 Å².